The second kappa shape index (κ2) is 3.89. The van der Waals surface area contributed by atoms with Crippen molar-refractivity contribution < 1.29 is 13.6 Å². The molecule has 2 rings (SSSR count). The Labute approximate surface area is 94.0 Å². The third-order valence-electron chi connectivity index (χ3n) is 2.38. The van der Waals surface area contributed by atoms with Crippen LogP contribution >= 0.6 is 15.9 Å². The van der Waals surface area contributed by atoms with Gasteiger partial charge in [0.25, 0.3) is 5.91 Å². The zero-order chi connectivity index (χ0) is 11.0. The molecule has 0 bridgehead atoms. The summed E-state index contributed by atoms with van der Waals surface area (Å²) in [6, 6.07) is 1.91. The van der Waals surface area contributed by atoms with Gasteiger partial charge in [-0.2, -0.15) is 0 Å². The lowest BCUT2D eigenvalue weighted by molar-refractivity contribution is 0.0646. The van der Waals surface area contributed by atoms with Crippen LogP contribution in [0.1, 0.15) is 16.8 Å². The van der Waals surface area contributed by atoms with Gasteiger partial charge in [-0.25, -0.2) is 8.78 Å². The van der Waals surface area contributed by atoms with Crippen LogP contribution in [0.25, 0.3) is 0 Å². The van der Waals surface area contributed by atoms with E-state index in [4.69, 9.17) is 0 Å². The van der Waals surface area contributed by atoms with E-state index in [1.807, 2.05) is 0 Å². The molecule has 1 aliphatic rings. The number of benzene rings is 1. The van der Waals surface area contributed by atoms with Crippen LogP contribution in [-0.4, -0.2) is 23.9 Å². The fourth-order valence-corrected chi connectivity index (χ4v) is 1.69. The predicted molar refractivity (Wildman–Crippen MR) is 54.6 cm³/mol. The summed E-state index contributed by atoms with van der Waals surface area (Å²) in [6.07, 6.45) is 0.923. The van der Waals surface area contributed by atoms with Crippen LogP contribution < -0.4 is 0 Å². The van der Waals surface area contributed by atoms with Gasteiger partial charge in [0.1, 0.15) is 11.6 Å². The van der Waals surface area contributed by atoms with Gasteiger partial charge in [0.15, 0.2) is 0 Å². The molecule has 1 aliphatic heterocycles. The van der Waals surface area contributed by atoms with Crippen molar-refractivity contribution in [2.45, 2.75) is 6.42 Å². The number of carbonyl (C=O) groups excluding carboxylic acids is 1. The van der Waals surface area contributed by atoms with E-state index in [1.54, 1.807) is 0 Å². The average Bonchev–Trinajstić information content (AvgIpc) is 2.08. The number of rotatable bonds is 1. The lowest BCUT2D eigenvalue weighted by Crippen LogP contribution is -2.42. The first kappa shape index (κ1) is 10.5. The van der Waals surface area contributed by atoms with Gasteiger partial charge >= 0.3 is 0 Å². The van der Waals surface area contributed by atoms with Gasteiger partial charge < -0.3 is 4.90 Å². The van der Waals surface area contributed by atoms with Crippen molar-refractivity contribution in [3.63, 3.8) is 0 Å². The number of carbonyl (C=O) groups is 1. The summed E-state index contributed by atoms with van der Waals surface area (Å²) in [5.41, 5.74) is -0.199. The number of hydrogen-bond acceptors (Lipinski definition) is 1. The van der Waals surface area contributed by atoms with E-state index < -0.39 is 17.5 Å². The molecule has 0 atom stereocenters. The summed E-state index contributed by atoms with van der Waals surface area (Å²) in [6.45, 7) is 1.24. The Morgan fingerprint density at radius 3 is 2.47 bits per heavy atom. The molecule has 80 valence electrons. The standard InChI is InChI=1S/C10H8BrF2NO/c11-7-5-8(12)6(4-9(7)13)10(15)14-2-1-3-14/h4-5H,1-3H2. The fraction of sp³-hybridized carbons (Fsp3) is 0.300. The normalized spacial score (nSPS) is 15.0. The molecule has 0 aromatic heterocycles. The molecule has 1 heterocycles. The zero-order valence-corrected chi connectivity index (χ0v) is 9.35. The van der Waals surface area contributed by atoms with Crippen molar-refractivity contribution in [1.82, 2.24) is 4.90 Å². The van der Waals surface area contributed by atoms with Crippen LogP contribution in [0.2, 0.25) is 0 Å². The molecule has 1 fully saturated rings. The Kier molecular flexibility index (Phi) is 2.73. The molecule has 0 aliphatic carbocycles. The first-order chi connectivity index (χ1) is 7.09. The summed E-state index contributed by atoms with van der Waals surface area (Å²) in [5, 5.41) is 0. The van der Waals surface area contributed by atoms with Crippen molar-refractivity contribution >= 4 is 21.8 Å². The number of hydrogen-bond donors (Lipinski definition) is 0. The van der Waals surface area contributed by atoms with E-state index in [2.05, 4.69) is 15.9 Å². The smallest absolute Gasteiger partial charge is 0.256 e. The first-order valence-electron chi connectivity index (χ1n) is 4.53. The lowest BCUT2D eigenvalue weighted by Gasteiger charge is -2.31. The Bertz CT molecular complexity index is 418. The van der Waals surface area contributed by atoms with Crippen molar-refractivity contribution in [1.29, 1.82) is 0 Å². The molecular formula is C10H8BrF2NO. The molecule has 1 saturated heterocycles. The number of amides is 1. The van der Waals surface area contributed by atoms with Gasteiger partial charge in [0.05, 0.1) is 10.0 Å². The topological polar surface area (TPSA) is 20.3 Å². The predicted octanol–water partition coefficient (Wildman–Crippen LogP) is 2.57. The van der Waals surface area contributed by atoms with Gasteiger partial charge in [-0.3, -0.25) is 4.79 Å². The van der Waals surface area contributed by atoms with Gasteiger partial charge in [0, 0.05) is 13.1 Å². The maximum atomic E-state index is 13.4. The summed E-state index contributed by atoms with van der Waals surface area (Å²) in [7, 11) is 0. The molecule has 15 heavy (non-hydrogen) atoms. The lowest BCUT2D eigenvalue weighted by atomic mass is 10.1. The minimum absolute atomic E-state index is 0.0279. The molecule has 1 amide bonds. The van der Waals surface area contributed by atoms with Crippen molar-refractivity contribution in [2.24, 2.45) is 0 Å². The minimum atomic E-state index is -0.694. The molecule has 0 radical (unpaired) electrons. The van der Waals surface area contributed by atoms with Crippen LogP contribution in [0, 0.1) is 11.6 Å². The van der Waals surface area contributed by atoms with Crippen molar-refractivity contribution in [3.05, 3.63) is 33.8 Å². The van der Waals surface area contributed by atoms with Gasteiger partial charge in [-0.1, -0.05) is 0 Å². The van der Waals surface area contributed by atoms with Crippen LogP contribution in [-0.2, 0) is 0 Å². The highest BCUT2D eigenvalue weighted by Gasteiger charge is 2.24. The van der Waals surface area contributed by atoms with Crippen molar-refractivity contribution in [2.75, 3.05) is 13.1 Å². The Morgan fingerprint density at radius 1 is 1.27 bits per heavy atom. The molecule has 0 N–H and O–H groups in total. The highest BCUT2D eigenvalue weighted by Crippen LogP contribution is 2.22. The monoisotopic (exact) mass is 275 g/mol. The van der Waals surface area contributed by atoms with Crippen molar-refractivity contribution in [3.8, 4) is 0 Å². The number of nitrogens with zero attached hydrogens (tertiary/aromatic N) is 1. The second-order valence-corrected chi connectivity index (χ2v) is 4.25. The van der Waals surface area contributed by atoms with E-state index in [9.17, 15) is 13.6 Å². The maximum Gasteiger partial charge on any atom is 0.256 e. The highest BCUT2D eigenvalue weighted by atomic mass is 79.9. The molecule has 0 spiro atoms. The number of likely N-dealkylation sites (tertiary alicyclic amines) is 1. The van der Waals surface area contributed by atoms with Gasteiger partial charge in [-0.15, -0.1) is 0 Å². The van der Waals surface area contributed by atoms with Gasteiger partial charge in [-0.05, 0) is 34.5 Å². The Balaban J connectivity index is 2.34. The zero-order valence-electron chi connectivity index (χ0n) is 7.77. The van der Waals surface area contributed by atoms with Crippen LogP contribution in [0.15, 0.2) is 16.6 Å². The molecule has 5 heteroatoms. The Hall–Kier alpha value is -0.970. The molecule has 1 aromatic carbocycles. The molecule has 1 aromatic rings. The summed E-state index contributed by atoms with van der Waals surface area (Å²) >= 11 is 2.86. The third-order valence-corrected chi connectivity index (χ3v) is 2.99. The SMILES string of the molecule is O=C(c1cc(F)c(Br)cc1F)N1CCC1. The van der Waals surface area contributed by atoms with Gasteiger partial charge in [0.2, 0.25) is 0 Å². The number of halogens is 3. The van der Waals surface area contributed by atoms with Crippen LogP contribution in [0.5, 0.6) is 0 Å². The second-order valence-electron chi connectivity index (χ2n) is 3.39. The quantitative estimate of drug-likeness (QED) is 0.722. The maximum absolute atomic E-state index is 13.4. The minimum Gasteiger partial charge on any atom is -0.338 e. The molecular weight excluding hydrogens is 268 g/mol. The average molecular weight is 276 g/mol. The van der Waals surface area contributed by atoms with E-state index in [0.29, 0.717) is 13.1 Å². The van der Waals surface area contributed by atoms with E-state index in [-0.39, 0.29) is 10.0 Å². The molecule has 2 nitrogen and oxygen atoms in total. The first-order valence-corrected chi connectivity index (χ1v) is 5.32. The molecule has 0 unspecified atom stereocenters. The summed E-state index contributed by atoms with van der Waals surface area (Å²) in [5.74, 6) is -1.76. The Morgan fingerprint density at radius 2 is 1.93 bits per heavy atom. The van der Waals surface area contributed by atoms with Crippen LogP contribution in [0.4, 0.5) is 8.78 Å². The fourth-order valence-electron chi connectivity index (χ4n) is 1.38. The third kappa shape index (κ3) is 1.88. The van der Waals surface area contributed by atoms with Crippen LogP contribution in [0.3, 0.4) is 0 Å². The summed E-state index contributed by atoms with van der Waals surface area (Å²) < 4.78 is 26.5. The van der Waals surface area contributed by atoms with E-state index >= 15 is 0 Å². The van der Waals surface area contributed by atoms with E-state index in [1.165, 1.54) is 4.90 Å². The summed E-state index contributed by atoms with van der Waals surface area (Å²) in [4.78, 5) is 13.1. The largest absolute Gasteiger partial charge is 0.338 e. The highest BCUT2D eigenvalue weighted by molar-refractivity contribution is 9.10. The molecule has 0 saturated carbocycles. The van der Waals surface area contributed by atoms with E-state index in [0.717, 1.165) is 18.6 Å².